The third kappa shape index (κ3) is 2.61. The lowest BCUT2D eigenvalue weighted by Crippen LogP contribution is -2.37. The quantitative estimate of drug-likeness (QED) is 0.808. The molecule has 1 heterocycles. The number of aromatic nitrogens is 2. The summed E-state index contributed by atoms with van der Waals surface area (Å²) in [5, 5.41) is 12.3. The average Bonchev–Trinajstić information content (AvgIpc) is 3.32. The Morgan fingerprint density at radius 3 is 2.37 bits per heavy atom. The van der Waals surface area contributed by atoms with Crippen LogP contribution in [0.3, 0.4) is 0 Å². The summed E-state index contributed by atoms with van der Waals surface area (Å²) in [5.74, 6) is -2.94. The maximum absolute atomic E-state index is 12.9. The number of benzene rings is 1. The van der Waals surface area contributed by atoms with Crippen molar-refractivity contribution in [2.45, 2.75) is 13.3 Å². The van der Waals surface area contributed by atoms with Gasteiger partial charge in [-0.2, -0.15) is 0 Å². The molecular formula is C20H21N3O4. The largest absolute Gasteiger partial charge is 0.481 e. The number of nitrogens with one attached hydrogen (secondary N) is 1. The van der Waals surface area contributed by atoms with E-state index in [1.165, 1.54) is 4.68 Å². The molecule has 7 nitrogen and oxygen atoms in total. The molecule has 1 amide bonds. The Morgan fingerprint density at radius 1 is 1.11 bits per heavy atom. The first-order valence-electron chi connectivity index (χ1n) is 8.96. The zero-order valence-corrected chi connectivity index (χ0v) is 15.1. The van der Waals surface area contributed by atoms with Crippen molar-refractivity contribution in [3.05, 3.63) is 58.5 Å². The lowest BCUT2D eigenvalue weighted by molar-refractivity contribution is -0.146. The number of aliphatic carboxylic acids is 1. The number of para-hydroxylation sites is 1. The van der Waals surface area contributed by atoms with Gasteiger partial charge in [0.15, 0.2) is 0 Å². The summed E-state index contributed by atoms with van der Waals surface area (Å²) < 4.78 is 3.17. The number of hydrogen-bond donors (Lipinski definition) is 2. The highest BCUT2D eigenvalue weighted by Crippen LogP contribution is 2.48. The number of amides is 1. The molecule has 2 N–H and O–H groups in total. The van der Waals surface area contributed by atoms with Crippen molar-refractivity contribution in [1.29, 1.82) is 0 Å². The first kappa shape index (κ1) is 17.3. The zero-order chi connectivity index (χ0) is 19.3. The second-order valence-electron chi connectivity index (χ2n) is 7.26. The Bertz CT molecular complexity index is 1000. The highest BCUT2D eigenvalue weighted by molar-refractivity contribution is 5.96. The molecule has 0 unspecified atom stereocenters. The van der Waals surface area contributed by atoms with Crippen LogP contribution in [-0.4, -0.2) is 26.3 Å². The molecule has 7 heteroatoms. The van der Waals surface area contributed by atoms with Gasteiger partial charge in [0, 0.05) is 7.05 Å². The number of carbonyl (C=O) groups excluding carboxylic acids is 1. The molecule has 4 rings (SSSR count). The summed E-state index contributed by atoms with van der Waals surface area (Å²) >= 11 is 0. The van der Waals surface area contributed by atoms with Crippen molar-refractivity contribution in [2.24, 2.45) is 30.7 Å². The SMILES string of the molecule is Cc1c(NC(=O)[C@H]2[C@@H](C(=O)O)[C@H]3C=C[C@H]2C3)c(=O)n(-c2ccccc2)n1C. The van der Waals surface area contributed by atoms with Crippen LogP contribution in [0.15, 0.2) is 47.3 Å². The van der Waals surface area contributed by atoms with Crippen molar-refractivity contribution in [3.63, 3.8) is 0 Å². The van der Waals surface area contributed by atoms with Gasteiger partial charge in [0.2, 0.25) is 5.91 Å². The van der Waals surface area contributed by atoms with Crippen molar-refractivity contribution >= 4 is 17.6 Å². The summed E-state index contributed by atoms with van der Waals surface area (Å²) in [7, 11) is 1.75. The molecule has 4 atom stereocenters. The molecule has 1 aromatic heterocycles. The smallest absolute Gasteiger partial charge is 0.307 e. The van der Waals surface area contributed by atoms with Gasteiger partial charge < -0.3 is 10.4 Å². The number of fused-ring (bicyclic) bond motifs is 2. The van der Waals surface area contributed by atoms with Crippen molar-refractivity contribution in [3.8, 4) is 5.69 Å². The summed E-state index contributed by atoms with van der Waals surface area (Å²) in [6.45, 7) is 1.76. The van der Waals surface area contributed by atoms with Crippen LogP contribution in [0.5, 0.6) is 0 Å². The first-order chi connectivity index (χ1) is 12.9. The maximum Gasteiger partial charge on any atom is 0.307 e. The predicted molar refractivity (Wildman–Crippen MR) is 99.7 cm³/mol. The van der Waals surface area contributed by atoms with Gasteiger partial charge in [-0.25, -0.2) is 4.68 Å². The maximum atomic E-state index is 12.9. The molecular weight excluding hydrogens is 346 g/mol. The fourth-order valence-corrected chi connectivity index (χ4v) is 4.44. The van der Waals surface area contributed by atoms with Gasteiger partial charge in [-0.3, -0.25) is 19.1 Å². The summed E-state index contributed by atoms with van der Waals surface area (Å²) in [6.07, 6.45) is 4.49. The van der Waals surface area contributed by atoms with Crippen LogP contribution < -0.4 is 10.9 Å². The predicted octanol–water partition coefficient (Wildman–Crippen LogP) is 1.95. The van der Waals surface area contributed by atoms with E-state index in [-0.39, 0.29) is 23.1 Å². The van der Waals surface area contributed by atoms with Crippen molar-refractivity contribution < 1.29 is 14.7 Å². The average molecular weight is 367 g/mol. The Kier molecular flexibility index (Phi) is 4.02. The van der Waals surface area contributed by atoms with E-state index in [9.17, 15) is 19.5 Å². The second-order valence-corrected chi connectivity index (χ2v) is 7.26. The van der Waals surface area contributed by atoms with Gasteiger partial charge in [0.1, 0.15) is 5.69 Å². The van der Waals surface area contributed by atoms with Gasteiger partial charge in [-0.1, -0.05) is 30.4 Å². The minimum atomic E-state index is -0.960. The third-order valence-electron chi connectivity index (χ3n) is 5.85. The number of carbonyl (C=O) groups is 2. The zero-order valence-electron chi connectivity index (χ0n) is 15.1. The molecule has 0 aliphatic heterocycles. The molecule has 0 radical (unpaired) electrons. The minimum Gasteiger partial charge on any atom is -0.481 e. The van der Waals surface area contributed by atoms with Crippen molar-refractivity contribution in [1.82, 2.24) is 9.36 Å². The molecule has 2 aliphatic rings. The van der Waals surface area contributed by atoms with Crippen molar-refractivity contribution in [2.75, 3.05) is 5.32 Å². The van der Waals surface area contributed by atoms with Crippen LogP contribution in [0.2, 0.25) is 0 Å². The van der Waals surface area contributed by atoms with Crippen LogP contribution in [0, 0.1) is 30.6 Å². The first-order valence-corrected chi connectivity index (χ1v) is 8.96. The standard InChI is InChI=1S/C20H21N3O4/c1-11-17(19(25)23(22(11)2)14-6-4-3-5-7-14)21-18(24)15-12-8-9-13(10-12)16(15)20(26)27/h3-9,12-13,15-16H,10H2,1-2H3,(H,21,24)(H,26,27)/t12-,13-,15+,16-/m0/s1. The Morgan fingerprint density at radius 2 is 1.74 bits per heavy atom. The number of allylic oxidation sites excluding steroid dienone is 2. The van der Waals surface area contributed by atoms with Crippen LogP contribution in [0.4, 0.5) is 5.69 Å². The molecule has 0 saturated heterocycles. The lowest BCUT2D eigenvalue weighted by Gasteiger charge is -2.23. The fourth-order valence-electron chi connectivity index (χ4n) is 4.44. The molecule has 140 valence electrons. The van der Waals surface area contributed by atoms with E-state index in [0.717, 1.165) is 0 Å². The topological polar surface area (TPSA) is 93.3 Å². The molecule has 1 fully saturated rings. The molecule has 2 bridgehead atoms. The molecule has 27 heavy (non-hydrogen) atoms. The molecule has 2 aromatic rings. The van der Waals surface area contributed by atoms with Crippen LogP contribution in [0.25, 0.3) is 5.69 Å². The van der Waals surface area contributed by atoms with Gasteiger partial charge in [-0.05, 0) is 37.3 Å². The summed E-state index contributed by atoms with van der Waals surface area (Å²) in [6, 6.07) is 9.16. The lowest BCUT2D eigenvalue weighted by atomic mass is 9.82. The fraction of sp³-hybridized carbons (Fsp3) is 0.350. The third-order valence-corrected chi connectivity index (χ3v) is 5.85. The summed E-state index contributed by atoms with van der Waals surface area (Å²) in [5.41, 5.74) is 1.17. The van der Waals surface area contributed by atoms with Gasteiger partial charge in [0.25, 0.3) is 5.56 Å². The molecule has 2 aliphatic carbocycles. The van der Waals surface area contributed by atoms with E-state index < -0.39 is 23.7 Å². The number of nitrogens with zero attached hydrogens (tertiary/aromatic N) is 2. The van der Waals surface area contributed by atoms with Gasteiger partial charge >= 0.3 is 5.97 Å². The van der Waals surface area contributed by atoms with E-state index in [2.05, 4.69) is 5.32 Å². The van der Waals surface area contributed by atoms with Gasteiger partial charge in [-0.15, -0.1) is 0 Å². The minimum absolute atomic E-state index is 0.0866. The summed E-state index contributed by atoms with van der Waals surface area (Å²) in [4.78, 5) is 37.5. The van der Waals surface area contributed by atoms with E-state index in [1.54, 1.807) is 18.7 Å². The van der Waals surface area contributed by atoms with E-state index >= 15 is 0 Å². The Hall–Kier alpha value is -3.09. The van der Waals surface area contributed by atoms with E-state index in [1.807, 2.05) is 42.5 Å². The van der Waals surface area contributed by atoms with Gasteiger partial charge in [0.05, 0.1) is 23.2 Å². The Balaban J connectivity index is 1.68. The Labute approximate surface area is 155 Å². The number of anilines is 1. The van der Waals surface area contributed by atoms with Crippen LogP contribution in [0.1, 0.15) is 12.1 Å². The van der Waals surface area contributed by atoms with E-state index in [0.29, 0.717) is 17.8 Å². The van der Waals surface area contributed by atoms with E-state index in [4.69, 9.17) is 0 Å². The van der Waals surface area contributed by atoms with Crippen LogP contribution in [-0.2, 0) is 16.6 Å². The highest BCUT2D eigenvalue weighted by Gasteiger charge is 2.51. The molecule has 0 spiro atoms. The van der Waals surface area contributed by atoms with Crippen LogP contribution >= 0.6 is 0 Å². The monoisotopic (exact) mass is 367 g/mol. The normalized spacial score (nSPS) is 25.7. The molecule has 1 saturated carbocycles. The number of rotatable bonds is 4. The number of carboxylic acid groups (broad SMARTS) is 1. The number of carboxylic acids is 1. The number of hydrogen-bond acceptors (Lipinski definition) is 3. The second kappa shape index (κ2) is 6.26. The molecule has 1 aromatic carbocycles. The highest BCUT2D eigenvalue weighted by atomic mass is 16.4.